The van der Waals surface area contributed by atoms with E-state index in [2.05, 4.69) is 10.3 Å². The van der Waals surface area contributed by atoms with Gasteiger partial charge in [0.25, 0.3) is 11.5 Å². The van der Waals surface area contributed by atoms with E-state index < -0.39 is 0 Å². The molecular formula is C20H22N4O4. The van der Waals surface area contributed by atoms with E-state index in [0.717, 1.165) is 12.1 Å². The summed E-state index contributed by atoms with van der Waals surface area (Å²) >= 11 is 0. The molecule has 2 aliphatic heterocycles. The zero-order chi connectivity index (χ0) is 19.8. The maximum absolute atomic E-state index is 13.0. The average molecular weight is 382 g/mol. The van der Waals surface area contributed by atoms with Crippen LogP contribution in [0.15, 0.2) is 41.3 Å². The lowest BCUT2D eigenvalue weighted by atomic mass is 9.78. The number of aromatic hydroxyl groups is 1. The van der Waals surface area contributed by atoms with Crippen LogP contribution in [0.3, 0.4) is 0 Å². The largest absolute Gasteiger partial charge is 0.505 e. The molecule has 0 aromatic carbocycles. The highest BCUT2D eigenvalue weighted by molar-refractivity contribution is 5.94. The number of carbonyl (C=O) groups is 2. The van der Waals surface area contributed by atoms with Crippen molar-refractivity contribution in [3.05, 3.63) is 58.3 Å². The van der Waals surface area contributed by atoms with Gasteiger partial charge < -0.3 is 19.9 Å². The molecular weight excluding hydrogens is 360 g/mol. The van der Waals surface area contributed by atoms with E-state index in [4.69, 9.17) is 0 Å². The van der Waals surface area contributed by atoms with Crippen molar-refractivity contribution in [2.24, 2.45) is 5.92 Å². The average Bonchev–Trinajstić information content (AvgIpc) is 2.68. The normalized spacial score (nSPS) is 23.0. The van der Waals surface area contributed by atoms with Crippen LogP contribution < -0.4 is 10.9 Å². The number of likely N-dealkylation sites (tertiary alicyclic amines) is 1. The molecule has 2 aromatic rings. The topological polar surface area (TPSA) is 105 Å². The van der Waals surface area contributed by atoms with E-state index in [1.807, 2.05) is 6.07 Å². The summed E-state index contributed by atoms with van der Waals surface area (Å²) < 4.78 is 1.77. The van der Waals surface area contributed by atoms with Gasteiger partial charge in [0.05, 0.1) is 6.04 Å². The minimum Gasteiger partial charge on any atom is -0.505 e. The van der Waals surface area contributed by atoms with Gasteiger partial charge in [0.1, 0.15) is 5.75 Å². The number of hydrogen-bond acceptors (Lipinski definition) is 5. The van der Waals surface area contributed by atoms with Gasteiger partial charge in [-0.15, -0.1) is 0 Å². The van der Waals surface area contributed by atoms with Crippen molar-refractivity contribution in [2.45, 2.75) is 25.3 Å². The summed E-state index contributed by atoms with van der Waals surface area (Å²) in [7, 11) is 0. The van der Waals surface area contributed by atoms with E-state index in [-0.39, 0.29) is 46.7 Å². The summed E-state index contributed by atoms with van der Waals surface area (Å²) in [5.74, 6) is -0.578. The fourth-order valence-corrected chi connectivity index (χ4v) is 4.43. The van der Waals surface area contributed by atoms with Crippen LogP contribution in [-0.2, 0) is 4.79 Å². The molecule has 3 atom stereocenters. The van der Waals surface area contributed by atoms with Gasteiger partial charge in [0.2, 0.25) is 5.91 Å². The zero-order valence-corrected chi connectivity index (χ0v) is 15.5. The van der Waals surface area contributed by atoms with E-state index >= 15 is 0 Å². The number of amides is 2. The van der Waals surface area contributed by atoms with Crippen molar-refractivity contribution in [2.75, 3.05) is 19.6 Å². The fourth-order valence-electron chi connectivity index (χ4n) is 4.43. The van der Waals surface area contributed by atoms with Crippen LogP contribution in [0.1, 0.15) is 41.5 Å². The van der Waals surface area contributed by atoms with Crippen molar-refractivity contribution < 1.29 is 14.7 Å². The maximum atomic E-state index is 13.0. The first-order valence-electron chi connectivity index (χ1n) is 9.35. The van der Waals surface area contributed by atoms with E-state index in [0.29, 0.717) is 19.6 Å². The highest BCUT2D eigenvalue weighted by atomic mass is 16.3. The Morgan fingerprint density at radius 3 is 2.82 bits per heavy atom. The van der Waals surface area contributed by atoms with E-state index in [1.54, 1.807) is 21.6 Å². The molecule has 8 nitrogen and oxygen atoms in total. The van der Waals surface area contributed by atoms with Crippen LogP contribution in [0.2, 0.25) is 0 Å². The van der Waals surface area contributed by atoms with Crippen LogP contribution in [0, 0.1) is 5.92 Å². The number of pyridine rings is 2. The lowest BCUT2D eigenvalue weighted by Crippen LogP contribution is -2.53. The number of carbonyl (C=O) groups excluding carboxylic acids is 2. The molecule has 0 aliphatic carbocycles. The van der Waals surface area contributed by atoms with Crippen molar-refractivity contribution in [1.29, 1.82) is 0 Å². The van der Waals surface area contributed by atoms with E-state index in [9.17, 15) is 19.5 Å². The molecule has 2 N–H and O–H groups in total. The molecule has 146 valence electrons. The predicted octanol–water partition coefficient (Wildman–Crippen LogP) is 0.886. The smallest absolute Gasteiger partial charge is 0.276 e. The molecule has 0 unspecified atom stereocenters. The van der Waals surface area contributed by atoms with Crippen LogP contribution in [0.5, 0.6) is 5.75 Å². The molecule has 28 heavy (non-hydrogen) atoms. The number of rotatable bonds is 3. The summed E-state index contributed by atoms with van der Waals surface area (Å²) in [6, 6.07) is 7.96. The maximum Gasteiger partial charge on any atom is 0.276 e. The number of piperidine rings is 1. The minimum atomic E-state index is -0.321. The molecule has 8 heteroatoms. The first-order chi connectivity index (χ1) is 13.5. The van der Waals surface area contributed by atoms with Gasteiger partial charge in [0, 0.05) is 50.4 Å². The number of hydrogen-bond donors (Lipinski definition) is 2. The second-order valence-electron chi connectivity index (χ2n) is 7.44. The number of nitrogens with one attached hydrogen (secondary N) is 1. The lowest BCUT2D eigenvalue weighted by Gasteiger charge is -2.46. The quantitative estimate of drug-likeness (QED) is 0.820. The standard InChI is InChI=1S/C20H22N4O4/c1-12(25)22-9-16-14-8-13(15-4-2-6-18(27)24(15)16)10-23(11-14)20(28)19-17(26)5-3-7-21-19/h2-7,13-14,16,26H,8-11H2,1H3,(H,22,25)/t13-,14+,16+/m1/s1. The predicted molar refractivity (Wildman–Crippen MR) is 101 cm³/mol. The van der Waals surface area contributed by atoms with Crippen LogP contribution in [0.25, 0.3) is 0 Å². The third-order valence-corrected chi connectivity index (χ3v) is 5.63. The third kappa shape index (κ3) is 3.15. The Kier molecular flexibility index (Phi) is 4.62. The number of aromatic nitrogens is 2. The number of fused-ring (bicyclic) bond motifs is 4. The Morgan fingerprint density at radius 2 is 2.07 bits per heavy atom. The molecule has 2 aromatic heterocycles. The monoisotopic (exact) mass is 382 g/mol. The van der Waals surface area contributed by atoms with Crippen LogP contribution in [0.4, 0.5) is 0 Å². The first kappa shape index (κ1) is 18.2. The van der Waals surface area contributed by atoms with Crippen molar-refractivity contribution in [3.63, 3.8) is 0 Å². The summed E-state index contributed by atoms with van der Waals surface area (Å²) in [5, 5.41) is 12.8. The first-order valence-corrected chi connectivity index (χ1v) is 9.35. The second kappa shape index (κ2) is 7.10. The Balaban J connectivity index is 1.69. The number of nitrogens with zero attached hydrogens (tertiary/aromatic N) is 3. The molecule has 0 spiro atoms. The van der Waals surface area contributed by atoms with Gasteiger partial charge in [0.15, 0.2) is 5.69 Å². The van der Waals surface area contributed by atoms with Crippen LogP contribution >= 0.6 is 0 Å². The molecule has 2 amide bonds. The van der Waals surface area contributed by atoms with Gasteiger partial charge in [-0.2, -0.15) is 0 Å². The molecule has 1 fully saturated rings. The van der Waals surface area contributed by atoms with Crippen LogP contribution in [-0.4, -0.2) is 51.0 Å². The molecule has 2 aliphatic rings. The van der Waals surface area contributed by atoms with Gasteiger partial charge in [-0.3, -0.25) is 14.4 Å². The Morgan fingerprint density at radius 1 is 1.25 bits per heavy atom. The molecule has 0 radical (unpaired) electrons. The van der Waals surface area contributed by atoms with Crippen molar-refractivity contribution in [3.8, 4) is 5.75 Å². The van der Waals surface area contributed by atoms with Crippen molar-refractivity contribution in [1.82, 2.24) is 19.8 Å². The van der Waals surface area contributed by atoms with Gasteiger partial charge in [-0.1, -0.05) is 6.07 Å². The Hall–Kier alpha value is -3.16. The van der Waals surface area contributed by atoms with Gasteiger partial charge >= 0.3 is 0 Å². The third-order valence-electron chi connectivity index (χ3n) is 5.63. The molecule has 2 bridgehead atoms. The van der Waals surface area contributed by atoms with Gasteiger partial charge in [-0.25, -0.2) is 4.98 Å². The SMILES string of the molecule is CC(=O)NC[C@H]1[C@H]2C[C@H](CN(C(=O)c3ncccc3O)C2)c2cccc(=O)n21. The summed E-state index contributed by atoms with van der Waals surface area (Å²) in [6.45, 7) is 2.68. The van der Waals surface area contributed by atoms with Gasteiger partial charge in [-0.05, 0) is 30.5 Å². The molecule has 4 heterocycles. The molecule has 4 rings (SSSR count). The Labute approximate surface area is 161 Å². The lowest BCUT2D eigenvalue weighted by molar-refractivity contribution is -0.119. The zero-order valence-electron chi connectivity index (χ0n) is 15.5. The Bertz CT molecular complexity index is 986. The van der Waals surface area contributed by atoms with Crippen molar-refractivity contribution >= 4 is 11.8 Å². The summed E-state index contributed by atoms with van der Waals surface area (Å²) in [4.78, 5) is 42.7. The second-order valence-corrected chi connectivity index (χ2v) is 7.44. The summed E-state index contributed by atoms with van der Waals surface area (Å²) in [6.07, 6.45) is 2.32. The molecule has 0 saturated carbocycles. The van der Waals surface area contributed by atoms with E-state index in [1.165, 1.54) is 25.3 Å². The summed E-state index contributed by atoms with van der Waals surface area (Å²) in [5.41, 5.74) is 0.817. The highest BCUT2D eigenvalue weighted by Gasteiger charge is 2.42. The molecule has 1 saturated heterocycles. The fraction of sp³-hybridized carbons (Fsp3) is 0.400. The minimum absolute atomic E-state index is 0.0213. The highest BCUT2D eigenvalue weighted by Crippen LogP contribution is 2.41.